The molecule has 0 aliphatic carbocycles. The maximum atomic E-state index is 10.0. The van der Waals surface area contributed by atoms with E-state index in [2.05, 4.69) is 10.2 Å². The summed E-state index contributed by atoms with van der Waals surface area (Å²) in [7, 11) is 3.22. The van der Waals surface area contributed by atoms with Crippen molar-refractivity contribution in [2.75, 3.05) is 53.6 Å². The van der Waals surface area contributed by atoms with Crippen molar-refractivity contribution in [1.82, 2.24) is 10.2 Å². The first-order valence-electron chi connectivity index (χ1n) is 7.62. The Labute approximate surface area is 132 Å². The molecule has 1 saturated heterocycles. The normalized spacial score (nSPS) is 17.2. The smallest absolute Gasteiger partial charge is 0.161 e. The lowest BCUT2D eigenvalue weighted by Crippen LogP contribution is -2.47. The lowest BCUT2D eigenvalue weighted by atomic mass is 10.2. The van der Waals surface area contributed by atoms with Crippen LogP contribution in [0.3, 0.4) is 0 Å². The summed E-state index contributed by atoms with van der Waals surface area (Å²) in [6, 6.07) is 5.68. The summed E-state index contributed by atoms with van der Waals surface area (Å²) in [5, 5.41) is 13.3. The highest BCUT2D eigenvalue weighted by atomic mass is 16.5. The van der Waals surface area contributed by atoms with Crippen LogP contribution in [0.5, 0.6) is 11.5 Å². The molecule has 1 fully saturated rings. The maximum absolute atomic E-state index is 10.0. The van der Waals surface area contributed by atoms with E-state index in [4.69, 9.17) is 14.2 Å². The second kappa shape index (κ2) is 8.95. The van der Waals surface area contributed by atoms with Gasteiger partial charge in [-0.25, -0.2) is 0 Å². The molecular formula is C16H26N2O4. The molecular weight excluding hydrogens is 284 g/mol. The zero-order valence-corrected chi connectivity index (χ0v) is 13.4. The Morgan fingerprint density at radius 2 is 1.91 bits per heavy atom. The van der Waals surface area contributed by atoms with Crippen LogP contribution in [0.15, 0.2) is 18.2 Å². The first-order chi connectivity index (χ1) is 10.7. The summed E-state index contributed by atoms with van der Waals surface area (Å²) >= 11 is 0. The first kappa shape index (κ1) is 17.0. The van der Waals surface area contributed by atoms with E-state index < -0.39 is 6.10 Å². The van der Waals surface area contributed by atoms with E-state index in [0.29, 0.717) is 31.3 Å². The number of benzene rings is 1. The number of hydrogen-bond donors (Lipinski definition) is 2. The molecule has 1 aliphatic heterocycles. The zero-order valence-electron chi connectivity index (χ0n) is 13.4. The summed E-state index contributed by atoms with van der Waals surface area (Å²) in [6.45, 7) is 5.36. The topological polar surface area (TPSA) is 63.2 Å². The van der Waals surface area contributed by atoms with Crippen LogP contribution in [0.1, 0.15) is 5.56 Å². The number of hydrogen-bond acceptors (Lipinski definition) is 6. The average Bonchev–Trinajstić information content (AvgIpc) is 2.55. The minimum Gasteiger partial charge on any atom is -0.493 e. The molecule has 1 unspecified atom stereocenters. The number of nitrogens with one attached hydrogen (secondary N) is 1. The van der Waals surface area contributed by atoms with E-state index >= 15 is 0 Å². The monoisotopic (exact) mass is 310 g/mol. The summed E-state index contributed by atoms with van der Waals surface area (Å²) in [5.74, 6) is 1.38. The fourth-order valence-electron chi connectivity index (χ4n) is 2.53. The van der Waals surface area contributed by atoms with Gasteiger partial charge in [0.1, 0.15) is 0 Å². The Hall–Kier alpha value is -1.34. The van der Waals surface area contributed by atoms with Gasteiger partial charge in [-0.05, 0) is 17.7 Å². The summed E-state index contributed by atoms with van der Waals surface area (Å²) < 4.78 is 16.1. The lowest BCUT2D eigenvalue weighted by Gasteiger charge is -2.28. The van der Waals surface area contributed by atoms with E-state index in [9.17, 15) is 5.11 Å². The van der Waals surface area contributed by atoms with Gasteiger partial charge in [-0.15, -0.1) is 0 Å². The van der Waals surface area contributed by atoms with Crippen molar-refractivity contribution < 1.29 is 19.3 Å². The quantitative estimate of drug-likeness (QED) is 0.728. The largest absolute Gasteiger partial charge is 0.493 e. The third-order valence-electron chi connectivity index (χ3n) is 3.71. The second-order valence-electron chi connectivity index (χ2n) is 5.41. The third-order valence-corrected chi connectivity index (χ3v) is 3.71. The highest BCUT2D eigenvalue weighted by Crippen LogP contribution is 2.27. The standard InChI is InChI=1S/C16H26N2O4/c1-20-15-4-3-13(9-16(15)21-2)11-22-12-14(19)10-18-7-5-17-6-8-18/h3-4,9,14,17,19H,5-8,10-12H2,1-2H3. The van der Waals surface area contributed by atoms with Crippen molar-refractivity contribution in [2.24, 2.45) is 0 Å². The Morgan fingerprint density at radius 1 is 1.18 bits per heavy atom. The predicted octanol–water partition coefficient (Wildman–Crippen LogP) is 0.487. The number of piperazine rings is 1. The van der Waals surface area contributed by atoms with Crippen LogP contribution in [0, 0.1) is 0 Å². The van der Waals surface area contributed by atoms with Gasteiger partial charge in [0.15, 0.2) is 11.5 Å². The van der Waals surface area contributed by atoms with Gasteiger partial charge >= 0.3 is 0 Å². The minimum atomic E-state index is -0.460. The van der Waals surface area contributed by atoms with Crippen molar-refractivity contribution >= 4 is 0 Å². The van der Waals surface area contributed by atoms with Gasteiger partial charge in [-0.3, -0.25) is 4.90 Å². The van der Waals surface area contributed by atoms with Gasteiger partial charge in [-0.1, -0.05) is 6.07 Å². The van der Waals surface area contributed by atoms with Crippen molar-refractivity contribution in [1.29, 1.82) is 0 Å². The third kappa shape index (κ3) is 5.14. The molecule has 1 heterocycles. The van der Waals surface area contributed by atoms with E-state index in [-0.39, 0.29) is 0 Å². The van der Waals surface area contributed by atoms with Gasteiger partial charge in [0, 0.05) is 32.7 Å². The fourth-order valence-corrected chi connectivity index (χ4v) is 2.53. The van der Waals surface area contributed by atoms with E-state index in [1.54, 1.807) is 14.2 Å². The Morgan fingerprint density at radius 3 is 2.59 bits per heavy atom. The number of ether oxygens (including phenoxy) is 3. The Bertz CT molecular complexity index is 450. The van der Waals surface area contributed by atoms with Crippen LogP contribution in [0.2, 0.25) is 0 Å². The SMILES string of the molecule is COc1ccc(COCC(O)CN2CCNCC2)cc1OC. The molecule has 6 nitrogen and oxygen atoms in total. The van der Waals surface area contributed by atoms with Crippen LogP contribution in [0.4, 0.5) is 0 Å². The van der Waals surface area contributed by atoms with Crippen LogP contribution < -0.4 is 14.8 Å². The highest BCUT2D eigenvalue weighted by Gasteiger charge is 2.14. The van der Waals surface area contributed by atoms with Crippen LogP contribution in [0.25, 0.3) is 0 Å². The van der Waals surface area contributed by atoms with Gasteiger partial charge < -0.3 is 24.6 Å². The molecule has 6 heteroatoms. The number of methoxy groups -OCH3 is 2. The number of nitrogens with zero attached hydrogens (tertiary/aromatic N) is 1. The molecule has 0 radical (unpaired) electrons. The van der Waals surface area contributed by atoms with E-state index in [0.717, 1.165) is 31.7 Å². The molecule has 1 atom stereocenters. The molecule has 1 aromatic rings. The first-order valence-corrected chi connectivity index (χ1v) is 7.62. The maximum Gasteiger partial charge on any atom is 0.161 e. The van der Waals surface area contributed by atoms with Crippen LogP contribution >= 0.6 is 0 Å². The number of β-amino-alcohol motifs (C(OH)–C–C–N with tert-alkyl or cyclic N) is 1. The van der Waals surface area contributed by atoms with E-state index in [1.165, 1.54) is 0 Å². The predicted molar refractivity (Wildman–Crippen MR) is 84.5 cm³/mol. The molecule has 2 rings (SSSR count). The van der Waals surface area contributed by atoms with Crippen LogP contribution in [-0.2, 0) is 11.3 Å². The second-order valence-corrected chi connectivity index (χ2v) is 5.41. The van der Waals surface area contributed by atoms with Crippen molar-refractivity contribution in [3.05, 3.63) is 23.8 Å². The number of aliphatic hydroxyl groups is 1. The molecule has 0 bridgehead atoms. The molecule has 1 aromatic carbocycles. The van der Waals surface area contributed by atoms with Crippen LogP contribution in [-0.4, -0.2) is 69.7 Å². The van der Waals surface area contributed by atoms with Crippen molar-refractivity contribution in [3.8, 4) is 11.5 Å². The van der Waals surface area contributed by atoms with Gasteiger partial charge in [0.25, 0.3) is 0 Å². The summed E-state index contributed by atoms with van der Waals surface area (Å²) in [5.41, 5.74) is 0.993. The highest BCUT2D eigenvalue weighted by molar-refractivity contribution is 5.42. The average molecular weight is 310 g/mol. The molecule has 0 spiro atoms. The fraction of sp³-hybridized carbons (Fsp3) is 0.625. The zero-order chi connectivity index (χ0) is 15.8. The van der Waals surface area contributed by atoms with Gasteiger partial charge in [0.2, 0.25) is 0 Å². The van der Waals surface area contributed by atoms with Gasteiger partial charge in [-0.2, -0.15) is 0 Å². The van der Waals surface area contributed by atoms with E-state index in [1.807, 2.05) is 18.2 Å². The van der Waals surface area contributed by atoms with Gasteiger partial charge in [0.05, 0.1) is 33.5 Å². The molecule has 0 amide bonds. The van der Waals surface area contributed by atoms with Crippen molar-refractivity contribution in [2.45, 2.75) is 12.7 Å². The number of aliphatic hydroxyl groups excluding tert-OH is 1. The molecule has 22 heavy (non-hydrogen) atoms. The lowest BCUT2D eigenvalue weighted by molar-refractivity contribution is 0.00818. The summed E-state index contributed by atoms with van der Waals surface area (Å²) in [4.78, 5) is 2.25. The molecule has 0 saturated carbocycles. The minimum absolute atomic E-state index is 0.332. The number of rotatable bonds is 8. The molecule has 1 aliphatic rings. The molecule has 0 aromatic heterocycles. The molecule has 124 valence electrons. The Kier molecular flexibility index (Phi) is 6.92. The summed E-state index contributed by atoms with van der Waals surface area (Å²) in [6.07, 6.45) is -0.460. The molecule has 2 N–H and O–H groups in total. The Balaban J connectivity index is 1.73. The van der Waals surface area contributed by atoms with Crippen molar-refractivity contribution in [3.63, 3.8) is 0 Å².